The van der Waals surface area contributed by atoms with Crippen molar-refractivity contribution in [2.45, 2.75) is 13.5 Å². The van der Waals surface area contributed by atoms with E-state index in [2.05, 4.69) is 4.98 Å². The van der Waals surface area contributed by atoms with Gasteiger partial charge in [-0.15, -0.1) is 0 Å². The van der Waals surface area contributed by atoms with E-state index in [1.54, 1.807) is 24.5 Å². The number of amides is 1. The molecule has 8 heteroatoms. The Kier molecular flexibility index (Phi) is 5.23. The molecule has 3 aromatic rings. The van der Waals surface area contributed by atoms with E-state index in [0.717, 1.165) is 22.0 Å². The molecule has 124 valence electrons. The lowest BCUT2D eigenvalue weighted by Gasteiger charge is -2.18. The summed E-state index contributed by atoms with van der Waals surface area (Å²) in [6, 6.07) is 8.95. The van der Waals surface area contributed by atoms with Gasteiger partial charge in [0.25, 0.3) is 0 Å². The van der Waals surface area contributed by atoms with Crippen LogP contribution in [0.3, 0.4) is 0 Å². The Morgan fingerprint density at radius 1 is 1.38 bits per heavy atom. The number of hydrogen-bond acceptors (Lipinski definition) is 6. The lowest BCUT2D eigenvalue weighted by atomic mass is 10.3. The van der Waals surface area contributed by atoms with Crippen LogP contribution in [0.4, 0.5) is 5.13 Å². The van der Waals surface area contributed by atoms with E-state index in [9.17, 15) is 9.59 Å². The van der Waals surface area contributed by atoms with Crippen LogP contribution in [0.25, 0.3) is 10.2 Å². The summed E-state index contributed by atoms with van der Waals surface area (Å²) < 4.78 is 6.24. The summed E-state index contributed by atoms with van der Waals surface area (Å²) in [6.07, 6.45) is 1.56. The predicted octanol–water partition coefficient (Wildman–Crippen LogP) is 4.36. The Balaban J connectivity index is 1.92. The molecular formula is C16H13ClN2O3S2. The van der Waals surface area contributed by atoms with Crippen molar-refractivity contribution in [3.63, 3.8) is 0 Å². The smallest absolute Gasteiger partial charge is 0.239 e. The molecule has 0 bridgehead atoms. The van der Waals surface area contributed by atoms with Crippen LogP contribution >= 0.6 is 34.7 Å². The average Bonchev–Trinajstić information content (AvgIpc) is 3.18. The van der Waals surface area contributed by atoms with Crippen LogP contribution in [0.5, 0.6) is 0 Å². The number of anilines is 1. The van der Waals surface area contributed by atoms with Gasteiger partial charge in [0.1, 0.15) is 5.76 Å². The van der Waals surface area contributed by atoms with E-state index in [1.165, 1.54) is 23.2 Å². The molecule has 5 nitrogen and oxygen atoms in total. The number of nitrogens with zero attached hydrogens (tertiary/aromatic N) is 2. The molecule has 2 heterocycles. The van der Waals surface area contributed by atoms with E-state index in [-0.39, 0.29) is 23.3 Å². The van der Waals surface area contributed by atoms with Gasteiger partial charge in [-0.2, -0.15) is 0 Å². The van der Waals surface area contributed by atoms with Crippen LogP contribution in [0.15, 0.2) is 41.0 Å². The van der Waals surface area contributed by atoms with Crippen molar-refractivity contribution in [3.05, 3.63) is 47.4 Å². The highest BCUT2D eigenvalue weighted by atomic mass is 35.5. The van der Waals surface area contributed by atoms with Gasteiger partial charge in [-0.1, -0.05) is 34.7 Å². The Labute approximate surface area is 151 Å². The first-order chi connectivity index (χ1) is 11.5. The summed E-state index contributed by atoms with van der Waals surface area (Å²) in [7, 11) is 0. The molecule has 3 rings (SSSR count). The zero-order chi connectivity index (χ0) is 17.1. The molecule has 0 aliphatic carbocycles. The third-order valence-electron chi connectivity index (χ3n) is 3.16. The van der Waals surface area contributed by atoms with Crippen LogP contribution in [0.1, 0.15) is 12.7 Å². The molecule has 0 spiro atoms. The molecule has 1 aromatic carbocycles. The summed E-state index contributed by atoms with van der Waals surface area (Å²) in [4.78, 5) is 29.8. The highest BCUT2D eigenvalue weighted by Gasteiger charge is 2.21. The summed E-state index contributed by atoms with van der Waals surface area (Å²) >= 11 is 8.37. The topological polar surface area (TPSA) is 63.4 Å². The number of fused-ring (bicyclic) bond motifs is 1. The fourth-order valence-corrected chi connectivity index (χ4v) is 3.80. The fraction of sp³-hybridized carbons (Fsp3) is 0.188. The summed E-state index contributed by atoms with van der Waals surface area (Å²) in [5.41, 5.74) is 0.774. The van der Waals surface area contributed by atoms with Crippen molar-refractivity contribution in [1.29, 1.82) is 0 Å². The molecule has 0 saturated carbocycles. The van der Waals surface area contributed by atoms with Crippen molar-refractivity contribution >= 4 is 61.1 Å². The zero-order valence-electron chi connectivity index (χ0n) is 12.7. The lowest BCUT2D eigenvalue weighted by Crippen LogP contribution is -2.32. The van der Waals surface area contributed by atoms with Crippen LogP contribution in [0, 0.1) is 0 Å². The van der Waals surface area contributed by atoms with Crippen molar-refractivity contribution in [2.75, 3.05) is 10.7 Å². The molecule has 0 aliphatic rings. The normalized spacial score (nSPS) is 10.9. The maximum Gasteiger partial charge on any atom is 0.239 e. The van der Waals surface area contributed by atoms with E-state index >= 15 is 0 Å². The van der Waals surface area contributed by atoms with Crippen molar-refractivity contribution in [3.8, 4) is 0 Å². The second-order valence-corrected chi connectivity index (χ2v) is 7.55. The van der Waals surface area contributed by atoms with E-state index < -0.39 is 0 Å². The molecule has 0 fully saturated rings. The molecule has 24 heavy (non-hydrogen) atoms. The van der Waals surface area contributed by atoms with Gasteiger partial charge in [-0.25, -0.2) is 4.98 Å². The monoisotopic (exact) mass is 380 g/mol. The molecule has 0 radical (unpaired) electrons. The van der Waals surface area contributed by atoms with Gasteiger partial charge in [0.2, 0.25) is 5.91 Å². The second-order valence-electron chi connectivity index (χ2n) is 4.95. The van der Waals surface area contributed by atoms with Gasteiger partial charge in [-0.05, 0) is 30.3 Å². The summed E-state index contributed by atoms with van der Waals surface area (Å²) in [5.74, 6) is 0.512. The zero-order valence-corrected chi connectivity index (χ0v) is 15.1. The number of thiazole rings is 1. The minimum atomic E-state index is -0.197. The van der Waals surface area contributed by atoms with Gasteiger partial charge in [-0.3, -0.25) is 14.5 Å². The Hall–Kier alpha value is -1.83. The third kappa shape index (κ3) is 3.98. The average molecular weight is 381 g/mol. The van der Waals surface area contributed by atoms with Crippen molar-refractivity contribution < 1.29 is 14.0 Å². The van der Waals surface area contributed by atoms with Crippen molar-refractivity contribution in [1.82, 2.24) is 4.98 Å². The Morgan fingerprint density at radius 2 is 2.21 bits per heavy atom. The highest BCUT2D eigenvalue weighted by Crippen LogP contribution is 2.32. The highest BCUT2D eigenvalue weighted by molar-refractivity contribution is 8.14. The molecule has 2 aromatic heterocycles. The van der Waals surface area contributed by atoms with Crippen LogP contribution < -0.4 is 4.90 Å². The van der Waals surface area contributed by atoms with Crippen LogP contribution in [0.2, 0.25) is 5.02 Å². The van der Waals surface area contributed by atoms with E-state index in [1.807, 2.05) is 12.1 Å². The minimum absolute atomic E-state index is 0.0622. The third-order valence-corrected chi connectivity index (χ3v) is 5.24. The predicted molar refractivity (Wildman–Crippen MR) is 97.7 cm³/mol. The molecule has 0 saturated heterocycles. The van der Waals surface area contributed by atoms with E-state index in [0.29, 0.717) is 15.9 Å². The van der Waals surface area contributed by atoms with Gasteiger partial charge >= 0.3 is 0 Å². The van der Waals surface area contributed by atoms with Gasteiger partial charge in [0, 0.05) is 11.9 Å². The second kappa shape index (κ2) is 7.38. The van der Waals surface area contributed by atoms with Gasteiger partial charge < -0.3 is 4.42 Å². The number of rotatable bonds is 5. The standard InChI is InChI=1S/C16H13ClN2O3S2/c1-10(20)23-9-15(21)19(8-12-3-2-6-22-12)16-18-13-5-4-11(17)7-14(13)24-16/h2-7H,8-9H2,1H3. The molecular weight excluding hydrogens is 368 g/mol. The largest absolute Gasteiger partial charge is 0.467 e. The molecule has 0 aliphatic heterocycles. The fourth-order valence-electron chi connectivity index (χ4n) is 2.06. The maximum atomic E-state index is 12.6. The number of halogens is 1. The maximum absolute atomic E-state index is 12.6. The number of thioether (sulfide) groups is 1. The number of carbonyl (C=O) groups is 2. The Morgan fingerprint density at radius 3 is 2.92 bits per heavy atom. The first-order valence-electron chi connectivity index (χ1n) is 7.05. The SMILES string of the molecule is CC(=O)SCC(=O)N(Cc1ccco1)c1nc2ccc(Cl)cc2s1. The van der Waals surface area contributed by atoms with E-state index in [4.69, 9.17) is 16.0 Å². The minimum Gasteiger partial charge on any atom is -0.467 e. The van der Waals surface area contributed by atoms with Gasteiger partial charge in [0.15, 0.2) is 10.2 Å². The number of carbonyl (C=O) groups excluding carboxylic acids is 2. The number of hydrogen-bond donors (Lipinski definition) is 0. The molecule has 0 unspecified atom stereocenters. The van der Waals surface area contributed by atoms with Crippen LogP contribution in [-0.4, -0.2) is 21.8 Å². The quantitative estimate of drug-likeness (QED) is 0.658. The summed E-state index contributed by atoms with van der Waals surface area (Å²) in [5, 5.41) is 1.07. The number of furan rings is 1. The molecule has 0 N–H and O–H groups in total. The lowest BCUT2D eigenvalue weighted by molar-refractivity contribution is -0.116. The molecule has 0 atom stereocenters. The number of aromatic nitrogens is 1. The van der Waals surface area contributed by atoms with Crippen LogP contribution in [-0.2, 0) is 16.1 Å². The summed E-state index contributed by atoms with van der Waals surface area (Å²) in [6.45, 7) is 1.70. The van der Waals surface area contributed by atoms with Gasteiger partial charge in [0.05, 0.1) is 28.8 Å². The first kappa shape index (κ1) is 17.0. The Bertz CT molecular complexity index is 877. The first-order valence-corrected chi connectivity index (χ1v) is 9.23. The van der Waals surface area contributed by atoms with Crippen molar-refractivity contribution in [2.24, 2.45) is 0 Å². The molecule has 1 amide bonds. The number of benzene rings is 1.